The Hall–Kier alpha value is -0.330. The minimum atomic E-state index is 0.139. The topological polar surface area (TPSA) is 12.4 Å². The van der Waals surface area contributed by atoms with Crippen molar-refractivity contribution in [3.63, 3.8) is 0 Å². The van der Waals surface area contributed by atoms with Crippen molar-refractivity contribution in [1.82, 2.24) is 0 Å². The van der Waals surface area contributed by atoms with Crippen LogP contribution in [-0.2, 0) is 0 Å². The lowest BCUT2D eigenvalue weighted by atomic mass is 9.82. The van der Waals surface area contributed by atoms with E-state index >= 15 is 0 Å². The average Bonchev–Trinajstić information content (AvgIpc) is 1.92. The van der Waals surface area contributed by atoms with Crippen molar-refractivity contribution in [2.45, 2.75) is 46.1 Å². The number of hydrogen-bond acceptors (Lipinski definition) is 1. The van der Waals surface area contributed by atoms with Gasteiger partial charge in [-0.2, -0.15) is 0 Å². The van der Waals surface area contributed by atoms with Crippen molar-refractivity contribution in [1.29, 1.82) is 0 Å². The molecule has 0 aromatic rings. The first kappa shape index (κ1) is 9.67. The number of hydrogen-bond donors (Lipinski definition) is 0. The highest BCUT2D eigenvalue weighted by molar-refractivity contribution is 5.26. The van der Waals surface area contributed by atoms with E-state index in [4.69, 9.17) is 0 Å². The highest BCUT2D eigenvalue weighted by Crippen LogP contribution is 2.28. The van der Waals surface area contributed by atoms with Crippen LogP contribution >= 0.6 is 0 Å². The van der Waals surface area contributed by atoms with Crippen LogP contribution in [0.5, 0.6) is 0 Å². The van der Waals surface area contributed by atoms with Crippen LogP contribution < -0.4 is 0 Å². The van der Waals surface area contributed by atoms with Crippen LogP contribution in [0.1, 0.15) is 40.5 Å². The predicted molar refractivity (Wildman–Crippen MR) is 47.7 cm³/mol. The van der Waals surface area contributed by atoms with Crippen molar-refractivity contribution >= 4 is 6.72 Å². The molecule has 60 valence electrons. The molecule has 0 saturated heterocycles. The fraction of sp³-hybridized carbons (Fsp3) is 0.889. The van der Waals surface area contributed by atoms with Crippen LogP contribution in [0, 0.1) is 5.92 Å². The summed E-state index contributed by atoms with van der Waals surface area (Å²) in [6.45, 7) is 12.4. The van der Waals surface area contributed by atoms with Gasteiger partial charge in [0.25, 0.3) is 0 Å². The maximum atomic E-state index is 4.21. The lowest BCUT2D eigenvalue weighted by molar-refractivity contribution is 0.293. The molecular formula is C9H19N. The predicted octanol–water partition coefficient (Wildman–Crippen LogP) is 2.90. The van der Waals surface area contributed by atoms with Gasteiger partial charge in [0.2, 0.25) is 0 Å². The Morgan fingerprint density at radius 1 is 1.30 bits per heavy atom. The van der Waals surface area contributed by atoms with Gasteiger partial charge in [-0.05, 0) is 25.5 Å². The van der Waals surface area contributed by atoms with E-state index in [0.717, 1.165) is 12.8 Å². The average molecular weight is 141 g/mol. The second-order valence-corrected chi connectivity index (χ2v) is 3.12. The van der Waals surface area contributed by atoms with Gasteiger partial charge in [-0.3, -0.25) is 4.99 Å². The van der Waals surface area contributed by atoms with Crippen LogP contribution in [0.2, 0.25) is 0 Å². The van der Waals surface area contributed by atoms with Gasteiger partial charge < -0.3 is 0 Å². The van der Waals surface area contributed by atoms with Crippen LogP contribution in [0.4, 0.5) is 0 Å². The zero-order chi connectivity index (χ0) is 8.20. The number of nitrogens with zero attached hydrogens (tertiary/aromatic N) is 1. The quantitative estimate of drug-likeness (QED) is 0.534. The highest BCUT2D eigenvalue weighted by atomic mass is 14.8. The number of rotatable bonds is 4. The van der Waals surface area contributed by atoms with Gasteiger partial charge in [0.15, 0.2) is 0 Å². The third kappa shape index (κ3) is 1.59. The van der Waals surface area contributed by atoms with Crippen LogP contribution in [0.3, 0.4) is 0 Å². The molecule has 0 atom stereocenters. The van der Waals surface area contributed by atoms with Crippen LogP contribution in [0.15, 0.2) is 4.99 Å². The van der Waals surface area contributed by atoms with Gasteiger partial charge in [-0.1, -0.05) is 27.7 Å². The van der Waals surface area contributed by atoms with E-state index in [1.807, 2.05) is 0 Å². The fourth-order valence-electron chi connectivity index (χ4n) is 1.47. The van der Waals surface area contributed by atoms with Gasteiger partial charge >= 0.3 is 0 Å². The van der Waals surface area contributed by atoms with Crippen LogP contribution in [0.25, 0.3) is 0 Å². The van der Waals surface area contributed by atoms with Crippen molar-refractivity contribution in [3.05, 3.63) is 0 Å². The second-order valence-electron chi connectivity index (χ2n) is 3.12. The Bertz CT molecular complexity index is 101. The monoisotopic (exact) mass is 141 g/mol. The molecule has 0 aliphatic carbocycles. The Kier molecular flexibility index (Phi) is 3.62. The normalized spacial score (nSPS) is 12.1. The third-order valence-electron chi connectivity index (χ3n) is 2.61. The molecule has 0 aliphatic heterocycles. The molecule has 0 spiro atoms. The van der Waals surface area contributed by atoms with E-state index in [0.29, 0.717) is 5.92 Å². The Labute approximate surface area is 64.6 Å². The summed E-state index contributed by atoms with van der Waals surface area (Å²) >= 11 is 0. The SMILES string of the molecule is C=NC(CC)(CC)C(C)C. The Balaban J connectivity index is 4.30. The van der Waals surface area contributed by atoms with Crippen molar-refractivity contribution in [2.75, 3.05) is 0 Å². The van der Waals surface area contributed by atoms with Crippen molar-refractivity contribution in [2.24, 2.45) is 10.9 Å². The molecule has 0 bridgehead atoms. The summed E-state index contributed by atoms with van der Waals surface area (Å²) in [6, 6.07) is 0. The molecule has 0 aliphatic rings. The molecule has 1 nitrogen and oxygen atoms in total. The van der Waals surface area contributed by atoms with Gasteiger partial charge in [-0.15, -0.1) is 0 Å². The standard InChI is InChI=1S/C9H19N/c1-6-9(7-2,10-5)8(3)4/h8H,5-7H2,1-4H3. The lowest BCUT2D eigenvalue weighted by Crippen LogP contribution is -2.30. The van der Waals surface area contributed by atoms with E-state index in [-0.39, 0.29) is 5.54 Å². The van der Waals surface area contributed by atoms with Gasteiger partial charge in [-0.25, -0.2) is 0 Å². The molecule has 0 N–H and O–H groups in total. The first-order valence-electron chi connectivity index (χ1n) is 4.10. The van der Waals surface area contributed by atoms with Crippen molar-refractivity contribution in [3.8, 4) is 0 Å². The molecule has 10 heavy (non-hydrogen) atoms. The summed E-state index contributed by atoms with van der Waals surface area (Å²) in [5.41, 5.74) is 0.139. The first-order chi connectivity index (χ1) is 4.63. The zero-order valence-corrected chi connectivity index (χ0v) is 7.65. The van der Waals surface area contributed by atoms with E-state index in [1.54, 1.807) is 0 Å². The molecule has 0 aromatic carbocycles. The molecule has 0 heterocycles. The minimum Gasteiger partial charge on any atom is -0.294 e. The van der Waals surface area contributed by atoms with Crippen molar-refractivity contribution < 1.29 is 0 Å². The molecule has 0 saturated carbocycles. The fourth-order valence-corrected chi connectivity index (χ4v) is 1.47. The maximum absolute atomic E-state index is 4.21. The summed E-state index contributed by atoms with van der Waals surface area (Å²) in [4.78, 5) is 4.21. The van der Waals surface area contributed by atoms with Gasteiger partial charge in [0.1, 0.15) is 0 Å². The molecule has 0 unspecified atom stereocenters. The Morgan fingerprint density at radius 3 is 1.70 bits per heavy atom. The van der Waals surface area contributed by atoms with E-state index in [1.165, 1.54) is 0 Å². The van der Waals surface area contributed by atoms with E-state index < -0.39 is 0 Å². The van der Waals surface area contributed by atoms with Crippen LogP contribution in [-0.4, -0.2) is 12.3 Å². The minimum absolute atomic E-state index is 0.139. The first-order valence-corrected chi connectivity index (χ1v) is 4.10. The summed E-state index contributed by atoms with van der Waals surface area (Å²) in [5, 5.41) is 0. The summed E-state index contributed by atoms with van der Waals surface area (Å²) < 4.78 is 0. The molecule has 0 radical (unpaired) electrons. The van der Waals surface area contributed by atoms with E-state index in [9.17, 15) is 0 Å². The highest BCUT2D eigenvalue weighted by Gasteiger charge is 2.27. The maximum Gasteiger partial charge on any atom is 0.0618 e. The summed E-state index contributed by atoms with van der Waals surface area (Å²) in [7, 11) is 0. The molecule has 0 rings (SSSR count). The Morgan fingerprint density at radius 2 is 1.70 bits per heavy atom. The summed E-state index contributed by atoms with van der Waals surface area (Å²) in [5.74, 6) is 0.611. The molecule has 1 heteroatoms. The summed E-state index contributed by atoms with van der Waals surface area (Å²) in [6.07, 6.45) is 2.20. The van der Waals surface area contributed by atoms with Gasteiger partial charge in [0, 0.05) is 0 Å². The van der Waals surface area contributed by atoms with Gasteiger partial charge in [0.05, 0.1) is 5.54 Å². The number of aliphatic imine (C=N–C) groups is 1. The zero-order valence-electron chi connectivity index (χ0n) is 7.65. The van der Waals surface area contributed by atoms with E-state index in [2.05, 4.69) is 39.4 Å². The smallest absolute Gasteiger partial charge is 0.0618 e. The third-order valence-corrected chi connectivity index (χ3v) is 2.61. The molecule has 0 fully saturated rings. The molecular weight excluding hydrogens is 122 g/mol. The lowest BCUT2D eigenvalue weighted by Gasteiger charge is -2.30. The second kappa shape index (κ2) is 3.75. The largest absolute Gasteiger partial charge is 0.294 e. The molecule has 0 amide bonds. The molecule has 0 aromatic heterocycles.